The smallest absolute Gasteiger partial charge is 0.261 e. The van der Waals surface area contributed by atoms with Crippen LogP contribution in [-0.2, 0) is 6.42 Å². The molecule has 1 saturated heterocycles. The van der Waals surface area contributed by atoms with Gasteiger partial charge < -0.3 is 9.88 Å². The third-order valence-corrected chi connectivity index (χ3v) is 7.61. The van der Waals surface area contributed by atoms with Gasteiger partial charge in [0, 0.05) is 34.6 Å². The van der Waals surface area contributed by atoms with Crippen molar-refractivity contribution in [2.75, 3.05) is 25.9 Å². The number of aromatic amines is 1. The van der Waals surface area contributed by atoms with E-state index in [4.69, 9.17) is 0 Å². The molecule has 0 spiro atoms. The van der Waals surface area contributed by atoms with Crippen LogP contribution in [0.5, 0.6) is 0 Å². The molecule has 32 heavy (non-hydrogen) atoms. The van der Waals surface area contributed by atoms with Crippen molar-refractivity contribution in [3.05, 3.63) is 65.4 Å². The van der Waals surface area contributed by atoms with Gasteiger partial charge in [0.05, 0.1) is 11.1 Å². The maximum absolute atomic E-state index is 12.5. The van der Waals surface area contributed by atoms with E-state index in [-0.39, 0.29) is 11.8 Å². The van der Waals surface area contributed by atoms with E-state index in [1.807, 2.05) is 12.1 Å². The molecule has 2 aromatic carbocycles. The zero-order valence-electron chi connectivity index (χ0n) is 18.5. The molecule has 6 heteroatoms. The maximum Gasteiger partial charge on any atom is 0.261 e. The van der Waals surface area contributed by atoms with Crippen LogP contribution in [0, 0.1) is 0 Å². The summed E-state index contributed by atoms with van der Waals surface area (Å²) in [6.45, 7) is 2.66. The lowest BCUT2D eigenvalue weighted by Crippen LogP contribution is -2.34. The van der Waals surface area contributed by atoms with Crippen LogP contribution in [0.3, 0.4) is 0 Å². The zero-order chi connectivity index (χ0) is 22.1. The summed E-state index contributed by atoms with van der Waals surface area (Å²) in [6, 6.07) is 14.3. The van der Waals surface area contributed by atoms with E-state index < -0.39 is 0 Å². The molecule has 5 rings (SSSR count). The number of unbranched alkanes of at least 4 members (excludes halogenated alkanes) is 1. The quantitative estimate of drug-likeness (QED) is 0.301. The minimum Gasteiger partial charge on any atom is -0.361 e. The number of rotatable bonds is 8. The molecule has 0 bridgehead atoms. The van der Waals surface area contributed by atoms with Gasteiger partial charge in [-0.05, 0) is 87.3 Å². The normalized spacial score (nSPS) is 18.8. The van der Waals surface area contributed by atoms with Crippen LogP contribution in [-0.4, -0.2) is 58.5 Å². The summed E-state index contributed by atoms with van der Waals surface area (Å²) >= 11 is 1.78. The predicted molar refractivity (Wildman–Crippen MR) is 129 cm³/mol. The number of hydrogen-bond acceptors (Lipinski definition) is 4. The standard InChI is InChI=1S/C26H29N3O2S/c1-32-20-10-11-24-23(16-20)18(17-27-24)15-19-7-6-13-28(19)12-4-5-14-29-25(30)21-8-2-3-9-22(21)26(29)31/h2-3,8-11,16-17,19,27H,4-7,12-15H2,1H3/t19-/m1/s1. The van der Waals surface area contributed by atoms with E-state index >= 15 is 0 Å². The van der Waals surface area contributed by atoms with Gasteiger partial charge in [-0.2, -0.15) is 0 Å². The second-order valence-electron chi connectivity index (χ2n) is 8.78. The van der Waals surface area contributed by atoms with Crippen LogP contribution in [0.25, 0.3) is 10.9 Å². The highest BCUT2D eigenvalue weighted by Gasteiger charge is 2.34. The van der Waals surface area contributed by atoms with Crippen molar-refractivity contribution < 1.29 is 9.59 Å². The minimum atomic E-state index is -0.145. The van der Waals surface area contributed by atoms with E-state index in [1.165, 1.54) is 39.1 Å². The molecule has 0 aliphatic carbocycles. The molecule has 5 nitrogen and oxygen atoms in total. The molecule has 0 unspecified atom stereocenters. The number of imide groups is 1. The van der Waals surface area contributed by atoms with Crippen molar-refractivity contribution >= 4 is 34.5 Å². The Labute approximate surface area is 193 Å². The van der Waals surface area contributed by atoms with Crippen molar-refractivity contribution in [2.24, 2.45) is 0 Å². The molecular weight excluding hydrogens is 418 g/mol. The monoisotopic (exact) mass is 447 g/mol. The molecule has 166 valence electrons. The number of aromatic nitrogens is 1. The summed E-state index contributed by atoms with van der Waals surface area (Å²) in [6.07, 6.45) is 9.67. The van der Waals surface area contributed by atoms with E-state index in [1.54, 1.807) is 23.9 Å². The maximum atomic E-state index is 12.5. The van der Waals surface area contributed by atoms with E-state index in [2.05, 4.69) is 40.5 Å². The van der Waals surface area contributed by atoms with Gasteiger partial charge in [-0.25, -0.2) is 0 Å². The summed E-state index contributed by atoms with van der Waals surface area (Å²) in [4.78, 5) is 33.8. The summed E-state index contributed by atoms with van der Waals surface area (Å²) in [7, 11) is 0. The van der Waals surface area contributed by atoms with Gasteiger partial charge >= 0.3 is 0 Å². The second-order valence-corrected chi connectivity index (χ2v) is 9.66. The molecule has 2 aliphatic heterocycles. The van der Waals surface area contributed by atoms with Gasteiger partial charge in [0.25, 0.3) is 11.8 Å². The van der Waals surface area contributed by atoms with Crippen molar-refractivity contribution in [3.63, 3.8) is 0 Å². The molecule has 1 aromatic heterocycles. The number of nitrogens with zero attached hydrogens (tertiary/aromatic N) is 2. The number of hydrogen-bond donors (Lipinski definition) is 1. The number of benzene rings is 2. The van der Waals surface area contributed by atoms with Crippen molar-refractivity contribution in [3.8, 4) is 0 Å². The van der Waals surface area contributed by atoms with E-state index in [0.29, 0.717) is 23.7 Å². The van der Waals surface area contributed by atoms with Gasteiger partial charge in [-0.1, -0.05) is 12.1 Å². The first kappa shape index (κ1) is 21.3. The van der Waals surface area contributed by atoms with Gasteiger partial charge in [-0.15, -0.1) is 11.8 Å². The average Bonchev–Trinajstić information content (AvgIpc) is 3.50. The lowest BCUT2D eigenvalue weighted by molar-refractivity contribution is 0.0650. The fourth-order valence-corrected chi connectivity index (χ4v) is 5.59. The fraction of sp³-hybridized carbons (Fsp3) is 0.385. The summed E-state index contributed by atoms with van der Waals surface area (Å²) < 4.78 is 0. The topological polar surface area (TPSA) is 56.4 Å². The SMILES string of the molecule is CSc1ccc2[nH]cc(C[C@H]3CCCN3CCCCN3C(=O)c4ccccc4C3=O)c2c1. The molecule has 0 saturated carbocycles. The van der Waals surface area contributed by atoms with Crippen molar-refractivity contribution in [1.29, 1.82) is 0 Å². The Kier molecular flexibility index (Phi) is 6.07. The number of amides is 2. The first-order valence-electron chi connectivity index (χ1n) is 11.5. The Morgan fingerprint density at radius 2 is 1.78 bits per heavy atom. The molecule has 1 fully saturated rings. The van der Waals surface area contributed by atoms with Crippen LogP contribution in [0.15, 0.2) is 53.6 Å². The van der Waals surface area contributed by atoms with E-state index in [0.717, 1.165) is 32.4 Å². The van der Waals surface area contributed by atoms with Crippen LogP contribution in [0.1, 0.15) is 52.0 Å². The van der Waals surface area contributed by atoms with Crippen molar-refractivity contribution in [2.45, 2.75) is 43.0 Å². The Morgan fingerprint density at radius 1 is 1.03 bits per heavy atom. The van der Waals surface area contributed by atoms with Gasteiger partial charge in [0.15, 0.2) is 0 Å². The summed E-state index contributed by atoms with van der Waals surface area (Å²) in [5.74, 6) is -0.290. The number of thioether (sulfide) groups is 1. The number of H-pyrrole nitrogens is 1. The van der Waals surface area contributed by atoms with Crippen LogP contribution in [0.4, 0.5) is 0 Å². The largest absolute Gasteiger partial charge is 0.361 e. The molecule has 1 N–H and O–H groups in total. The summed E-state index contributed by atoms with van der Waals surface area (Å²) in [5.41, 5.74) is 3.70. The van der Waals surface area contributed by atoms with Crippen LogP contribution in [0.2, 0.25) is 0 Å². The Hall–Kier alpha value is -2.57. The number of likely N-dealkylation sites (tertiary alicyclic amines) is 1. The average molecular weight is 448 g/mol. The van der Waals surface area contributed by atoms with Gasteiger partial charge in [0.2, 0.25) is 0 Å². The van der Waals surface area contributed by atoms with E-state index in [9.17, 15) is 9.59 Å². The molecule has 2 aliphatic rings. The second kappa shape index (κ2) is 9.12. The molecule has 3 aromatic rings. The Bertz CT molecular complexity index is 1120. The Morgan fingerprint density at radius 3 is 2.53 bits per heavy atom. The molecular formula is C26H29N3O2S. The highest BCUT2D eigenvalue weighted by Crippen LogP contribution is 2.29. The van der Waals surface area contributed by atoms with Crippen LogP contribution < -0.4 is 0 Å². The number of fused-ring (bicyclic) bond motifs is 2. The zero-order valence-corrected chi connectivity index (χ0v) is 19.3. The first-order valence-corrected chi connectivity index (χ1v) is 12.7. The minimum absolute atomic E-state index is 0.145. The molecule has 3 heterocycles. The summed E-state index contributed by atoms with van der Waals surface area (Å²) in [5, 5.41) is 1.34. The van der Waals surface area contributed by atoms with Gasteiger partial charge in [-0.3, -0.25) is 14.5 Å². The first-order chi connectivity index (χ1) is 15.7. The van der Waals surface area contributed by atoms with Crippen molar-refractivity contribution in [1.82, 2.24) is 14.8 Å². The lowest BCUT2D eigenvalue weighted by Gasteiger charge is -2.24. The number of carbonyl (C=O) groups excluding carboxylic acids is 2. The van der Waals surface area contributed by atoms with Gasteiger partial charge in [0.1, 0.15) is 0 Å². The highest BCUT2D eigenvalue weighted by atomic mass is 32.2. The predicted octanol–water partition coefficient (Wildman–Crippen LogP) is 4.97. The molecule has 0 radical (unpaired) electrons. The fourth-order valence-electron chi connectivity index (χ4n) is 5.15. The van der Waals surface area contributed by atoms with Crippen LogP contribution >= 0.6 is 11.8 Å². The third-order valence-electron chi connectivity index (χ3n) is 6.88. The lowest BCUT2D eigenvalue weighted by atomic mass is 10.0. The highest BCUT2D eigenvalue weighted by molar-refractivity contribution is 7.98. The number of carbonyl (C=O) groups is 2. The third kappa shape index (κ3) is 3.97. The Balaban J connectivity index is 1.16. The molecule has 1 atom stereocenters. The molecule has 2 amide bonds. The number of nitrogens with one attached hydrogen (secondary N) is 1.